The summed E-state index contributed by atoms with van der Waals surface area (Å²) in [6, 6.07) is 13.1. The molecule has 1 aromatic heterocycles. The topological polar surface area (TPSA) is 113 Å². The maximum absolute atomic E-state index is 14.1. The monoisotopic (exact) mass is 593 g/mol. The standard InChI is InChI=1S/C32H43N5O4S/c1-5-11-25(12-6-2)33-20-29(35-39)32(19-26(32)22-13-9-8-10-14-22)34-31(38)24-17-27-30-23(15-16-42(40,41)36(27)4)21-37(7-3)28(30)18-24/h8-10,13-14,17-18,21,25-26,29,33H,5-7,11-12,15-16,19-20H2,1-4H3,(H,34,38)/t26?,29-,32?/m1/s1. The predicted octanol–water partition coefficient (Wildman–Crippen LogP) is 5.33. The van der Waals surface area contributed by atoms with Crippen molar-refractivity contribution < 1.29 is 13.2 Å². The number of carbonyl (C=O) groups is 1. The summed E-state index contributed by atoms with van der Waals surface area (Å²) in [6.07, 6.45) is 7.14. The van der Waals surface area contributed by atoms with Crippen molar-refractivity contribution in [2.24, 2.45) is 5.18 Å². The maximum Gasteiger partial charge on any atom is 0.251 e. The quantitative estimate of drug-likeness (QED) is 0.260. The van der Waals surface area contributed by atoms with E-state index in [9.17, 15) is 18.1 Å². The second-order valence-electron chi connectivity index (χ2n) is 11.8. The molecule has 0 radical (unpaired) electrons. The van der Waals surface area contributed by atoms with Gasteiger partial charge < -0.3 is 15.2 Å². The summed E-state index contributed by atoms with van der Waals surface area (Å²) in [5.74, 6) is -0.372. The van der Waals surface area contributed by atoms with Crippen molar-refractivity contribution in [3.63, 3.8) is 0 Å². The van der Waals surface area contributed by atoms with Crippen LogP contribution in [0.2, 0.25) is 0 Å². The molecule has 5 rings (SSSR count). The molecule has 1 saturated carbocycles. The molecule has 3 atom stereocenters. The van der Waals surface area contributed by atoms with E-state index in [0.29, 0.717) is 43.2 Å². The zero-order valence-electron chi connectivity index (χ0n) is 25.1. The minimum absolute atomic E-state index is 0.0150. The highest BCUT2D eigenvalue weighted by atomic mass is 32.2. The molecule has 2 aromatic carbocycles. The second kappa shape index (κ2) is 12.2. The lowest BCUT2D eigenvalue weighted by molar-refractivity contribution is 0.0922. The highest BCUT2D eigenvalue weighted by Gasteiger charge is 2.61. The Balaban J connectivity index is 1.51. The Morgan fingerprint density at radius 1 is 1.12 bits per heavy atom. The Bertz CT molecular complexity index is 1550. The first-order valence-electron chi connectivity index (χ1n) is 15.2. The Hall–Kier alpha value is -3.24. The fraction of sp³-hybridized carbons (Fsp3) is 0.531. The normalized spacial score (nSPS) is 21.7. The largest absolute Gasteiger partial charge is 0.347 e. The van der Waals surface area contributed by atoms with Gasteiger partial charge >= 0.3 is 0 Å². The van der Waals surface area contributed by atoms with Crippen LogP contribution in [0.5, 0.6) is 0 Å². The van der Waals surface area contributed by atoms with Gasteiger partial charge in [-0.2, -0.15) is 4.91 Å². The third kappa shape index (κ3) is 5.58. The number of carbonyl (C=O) groups excluding carboxylic acids is 1. The first-order chi connectivity index (χ1) is 20.2. The molecular formula is C32H43N5O4S. The van der Waals surface area contributed by atoms with Gasteiger partial charge in [-0.15, -0.1) is 0 Å². The number of rotatable bonds is 13. The summed E-state index contributed by atoms with van der Waals surface area (Å²) in [7, 11) is -1.97. The van der Waals surface area contributed by atoms with Gasteiger partial charge in [0.15, 0.2) is 0 Å². The van der Waals surface area contributed by atoms with Gasteiger partial charge in [-0.1, -0.05) is 62.2 Å². The molecule has 0 saturated heterocycles. The molecule has 2 aliphatic rings. The molecular weight excluding hydrogens is 550 g/mol. The van der Waals surface area contributed by atoms with Crippen molar-refractivity contribution in [1.82, 2.24) is 15.2 Å². The van der Waals surface area contributed by atoms with Crippen LogP contribution in [-0.4, -0.2) is 55.9 Å². The van der Waals surface area contributed by atoms with Gasteiger partial charge in [-0.05, 0) is 55.9 Å². The second-order valence-corrected chi connectivity index (χ2v) is 13.9. The molecule has 2 heterocycles. The molecule has 42 heavy (non-hydrogen) atoms. The molecule has 1 aliphatic carbocycles. The van der Waals surface area contributed by atoms with Gasteiger partial charge in [-0.3, -0.25) is 9.10 Å². The van der Waals surface area contributed by atoms with Crippen molar-refractivity contribution >= 4 is 32.5 Å². The van der Waals surface area contributed by atoms with Crippen LogP contribution in [0.1, 0.15) is 80.3 Å². The van der Waals surface area contributed by atoms with Crippen molar-refractivity contribution in [3.05, 3.63) is 70.3 Å². The van der Waals surface area contributed by atoms with Crippen molar-refractivity contribution in [3.8, 4) is 0 Å². The van der Waals surface area contributed by atoms with Crippen LogP contribution in [0, 0.1) is 4.91 Å². The van der Waals surface area contributed by atoms with Gasteiger partial charge in [0.05, 0.1) is 22.5 Å². The van der Waals surface area contributed by atoms with E-state index in [4.69, 9.17) is 0 Å². The molecule has 1 amide bonds. The first kappa shape index (κ1) is 30.2. The summed E-state index contributed by atoms with van der Waals surface area (Å²) in [5.41, 5.74) is 2.89. The number of nitroso groups, excluding NO2 is 1. The molecule has 2 unspecified atom stereocenters. The smallest absolute Gasteiger partial charge is 0.251 e. The summed E-state index contributed by atoms with van der Waals surface area (Å²) in [5, 5.41) is 11.3. The van der Waals surface area contributed by atoms with E-state index in [-0.39, 0.29) is 17.6 Å². The number of sulfonamides is 1. The molecule has 226 valence electrons. The summed E-state index contributed by atoms with van der Waals surface area (Å²) < 4.78 is 29.4. The van der Waals surface area contributed by atoms with Crippen LogP contribution in [0.4, 0.5) is 5.69 Å². The third-order valence-electron chi connectivity index (χ3n) is 9.18. The van der Waals surface area contributed by atoms with E-state index in [2.05, 4.69) is 34.2 Å². The average molecular weight is 594 g/mol. The number of anilines is 1. The Morgan fingerprint density at radius 2 is 1.83 bits per heavy atom. The summed E-state index contributed by atoms with van der Waals surface area (Å²) in [6.45, 7) is 7.41. The van der Waals surface area contributed by atoms with E-state index in [1.807, 2.05) is 49.5 Å². The minimum Gasteiger partial charge on any atom is -0.347 e. The van der Waals surface area contributed by atoms with Crippen molar-refractivity contribution in [2.45, 2.75) is 89.4 Å². The van der Waals surface area contributed by atoms with Gasteiger partial charge in [0, 0.05) is 49.2 Å². The molecule has 9 nitrogen and oxygen atoms in total. The highest BCUT2D eigenvalue weighted by Crippen LogP contribution is 2.54. The first-order valence-corrected chi connectivity index (χ1v) is 16.9. The fourth-order valence-electron chi connectivity index (χ4n) is 6.74. The van der Waals surface area contributed by atoms with Crippen LogP contribution in [-0.2, 0) is 23.0 Å². The number of benzene rings is 2. The number of nitrogens with one attached hydrogen (secondary N) is 2. The molecule has 3 aromatic rings. The van der Waals surface area contributed by atoms with Crippen molar-refractivity contribution in [2.75, 3.05) is 23.7 Å². The number of aromatic nitrogens is 1. The Morgan fingerprint density at radius 3 is 2.48 bits per heavy atom. The number of aryl methyl sites for hydroxylation is 2. The number of amides is 1. The third-order valence-corrected chi connectivity index (χ3v) is 10.9. The van der Waals surface area contributed by atoms with Gasteiger partial charge in [0.1, 0.15) is 6.04 Å². The number of nitrogens with zero attached hydrogens (tertiary/aromatic N) is 3. The minimum atomic E-state index is -3.53. The number of hydrogen-bond acceptors (Lipinski definition) is 6. The average Bonchev–Trinajstić information content (AvgIpc) is 3.61. The lowest BCUT2D eigenvalue weighted by atomic mass is 9.97. The molecule has 0 bridgehead atoms. The van der Waals surface area contributed by atoms with E-state index < -0.39 is 21.6 Å². The Labute approximate surface area is 249 Å². The maximum atomic E-state index is 14.1. The fourth-order valence-corrected chi connectivity index (χ4v) is 7.93. The highest BCUT2D eigenvalue weighted by molar-refractivity contribution is 7.92. The van der Waals surface area contributed by atoms with Crippen LogP contribution in [0.3, 0.4) is 0 Å². The van der Waals surface area contributed by atoms with Gasteiger partial charge in [-0.25, -0.2) is 8.42 Å². The molecule has 10 heteroatoms. The van der Waals surface area contributed by atoms with Gasteiger partial charge in [0.2, 0.25) is 10.0 Å². The SMILES string of the molecule is CCCC(CCC)NC[C@@H](N=O)C1(NC(=O)c2cc3c4c(cn(CC)c4c2)CCS(=O)(=O)N3C)CC1c1ccccc1. The van der Waals surface area contributed by atoms with Gasteiger partial charge in [0.25, 0.3) is 5.91 Å². The predicted molar refractivity (Wildman–Crippen MR) is 169 cm³/mol. The van der Waals surface area contributed by atoms with E-state index in [1.54, 1.807) is 13.1 Å². The zero-order valence-corrected chi connectivity index (χ0v) is 25.9. The molecule has 1 aliphatic heterocycles. The Kier molecular flexibility index (Phi) is 8.76. The van der Waals surface area contributed by atoms with E-state index in [1.165, 1.54) is 4.31 Å². The molecule has 1 fully saturated rings. The van der Waals surface area contributed by atoms with Crippen LogP contribution in [0.25, 0.3) is 10.9 Å². The zero-order chi connectivity index (χ0) is 30.1. The van der Waals surface area contributed by atoms with Crippen LogP contribution >= 0.6 is 0 Å². The lowest BCUT2D eigenvalue weighted by Gasteiger charge is -2.27. The number of hydrogen-bond donors (Lipinski definition) is 2. The summed E-state index contributed by atoms with van der Waals surface area (Å²) in [4.78, 5) is 26.5. The van der Waals surface area contributed by atoms with E-state index >= 15 is 0 Å². The molecule has 2 N–H and O–H groups in total. The van der Waals surface area contributed by atoms with E-state index in [0.717, 1.165) is 47.7 Å². The van der Waals surface area contributed by atoms with Crippen LogP contribution < -0.4 is 14.9 Å². The molecule has 0 spiro atoms. The van der Waals surface area contributed by atoms with Crippen molar-refractivity contribution in [1.29, 1.82) is 0 Å². The lowest BCUT2D eigenvalue weighted by Crippen LogP contribution is -2.51. The summed E-state index contributed by atoms with van der Waals surface area (Å²) >= 11 is 0. The van der Waals surface area contributed by atoms with Crippen LogP contribution in [0.15, 0.2) is 53.8 Å².